The summed E-state index contributed by atoms with van der Waals surface area (Å²) in [6.45, 7) is 2.03. The maximum absolute atomic E-state index is 13.3. The molecule has 0 N–H and O–H groups in total. The summed E-state index contributed by atoms with van der Waals surface area (Å²) in [5, 5.41) is 4.42. The highest BCUT2D eigenvalue weighted by Crippen LogP contribution is 2.29. The summed E-state index contributed by atoms with van der Waals surface area (Å²) in [6.07, 6.45) is -1.12. The van der Waals surface area contributed by atoms with Gasteiger partial charge in [-0.15, -0.1) is 0 Å². The molecule has 2 aromatic carbocycles. The number of benzene rings is 2. The molecule has 0 unspecified atom stereocenters. The van der Waals surface area contributed by atoms with Gasteiger partial charge in [-0.05, 0) is 66.8 Å². The number of nitrogens with zero attached hydrogens (tertiary/aromatic N) is 2. The molecule has 0 fully saturated rings. The average molecular weight is 362 g/mol. The molecule has 0 saturated carbocycles. The van der Waals surface area contributed by atoms with Crippen LogP contribution < -0.4 is 0 Å². The predicted octanol–water partition coefficient (Wildman–Crippen LogP) is 5.77. The van der Waals surface area contributed by atoms with Gasteiger partial charge < -0.3 is 0 Å². The van der Waals surface area contributed by atoms with Crippen LogP contribution in [0.25, 0.3) is 5.69 Å². The maximum atomic E-state index is 13.3. The van der Waals surface area contributed by atoms with Gasteiger partial charge in [-0.3, -0.25) is 0 Å². The van der Waals surface area contributed by atoms with E-state index in [1.165, 1.54) is 24.3 Å². The van der Waals surface area contributed by atoms with E-state index in [-0.39, 0.29) is 11.7 Å². The lowest BCUT2D eigenvalue weighted by atomic mass is 9.95. The van der Waals surface area contributed by atoms with E-state index in [4.69, 9.17) is 0 Å². The molecule has 2 nitrogen and oxygen atoms in total. The molecule has 0 aliphatic carbocycles. The zero-order chi connectivity index (χ0) is 18.7. The Morgan fingerprint density at radius 2 is 1.77 bits per heavy atom. The summed E-state index contributed by atoms with van der Waals surface area (Å²) in [7, 11) is 0. The summed E-state index contributed by atoms with van der Waals surface area (Å²) in [6, 6.07) is 13.3. The van der Waals surface area contributed by atoms with Crippen molar-refractivity contribution in [3.8, 4) is 5.69 Å². The van der Waals surface area contributed by atoms with Crippen LogP contribution in [0.5, 0.6) is 0 Å². The molecule has 1 atom stereocenters. The first-order valence-electron chi connectivity index (χ1n) is 8.30. The Kier molecular flexibility index (Phi) is 5.11. The predicted molar refractivity (Wildman–Crippen MR) is 91.7 cm³/mol. The van der Waals surface area contributed by atoms with Crippen molar-refractivity contribution in [1.29, 1.82) is 0 Å². The van der Waals surface area contributed by atoms with Crippen LogP contribution in [-0.4, -0.2) is 9.78 Å². The van der Waals surface area contributed by atoms with E-state index < -0.39 is 11.7 Å². The van der Waals surface area contributed by atoms with Crippen molar-refractivity contribution in [2.45, 2.75) is 31.9 Å². The maximum Gasteiger partial charge on any atom is 0.416 e. The fraction of sp³-hybridized carbons (Fsp3) is 0.250. The summed E-state index contributed by atoms with van der Waals surface area (Å²) < 4.78 is 52.7. The lowest BCUT2D eigenvalue weighted by Gasteiger charge is -2.11. The van der Waals surface area contributed by atoms with Gasteiger partial charge in [0.1, 0.15) is 5.82 Å². The first kappa shape index (κ1) is 18.2. The zero-order valence-electron chi connectivity index (χ0n) is 14.2. The average Bonchev–Trinajstić information content (AvgIpc) is 3.08. The Morgan fingerprint density at radius 1 is 1.04 bits per heavy atom. The van der Waals surface area contributed by atoms with Crippen LogP contribution in [0.4, 0.5) is 17.6 Å². The SMILES string of the molecule is C[C@@H](CCc1ccn(-c2ccc(C(F)(F)F)cc2)n1)c1cccc(F)c1. The summed E-state index contributed by atoms with van der Waals surface area (Å²) in [5.74, 6) is -0.0668. The van der Waals surface area contributed by atoms with Gasteiger partial charge in [-0.2, -0.15) is 18.3 Å². The summed E-state index contributed by atoms with van der Waals surface area (Å²) in [5.41, 5.74) is 1.67. The van der Waals surface area contributed by atoms with Crippen molar-refractivity contribution in [3.63, 3.8) is 0 Å². The van der Waals surface area contributed by atoms with Crippen molar-refractivity contribution in [1.82, 2.24) is 9.78 Å². The molecule has 6 heteroatoms. The first-order valence-corrected chi connectivity index (χ1v) is 8.30. The fourth-order valence-corrected chi connectivity index (χ4v) is 2.79. The highest BCUT2D eigenvalue weighted by Gasteiger charge is 2.30. The topological polar surface area (TPSA) is 17.8 Å². The molecule has 1 aromatic heterocycles. The van der Waals surface area contributed by atoms with E-state index >= 15 is 0 Å². The highest BCUT2D eigenvalue weighted by atomic mass is 19.4. The van der Waals surface area contributed by atoms with Crippen LogP contribution in [0.2, 0.25) is 0 Å². The van der Waals surface area contributed by atoms with Crippen LogP contribution in [0, 0.1) is 5.82 Å². The number of aryl methyl sites for hydroxylation is 1. The lowest BCUT2D eigenvalue weighted by molar-refractivity contribution is -0.137. The number of rotatable bonds is 5. The molecule has 0 spiro atoms. The normalized spacial score (nSPS) is 13.0. The van der Waals surface area contributed by atoms with Crippen molar-refractivity contribution >= 4 is 0 Å². The molecule has 136 valence electrons. The molecule has 1 heterocycles. The molecule has 0 saturated heterocycles. The number of alkyl halides is 3. The standard InChI is InChI=1S/C20H18F4N2/c1-14(15-3-2-4-17(21)13-15)5-8-18-11-12-26(25-18)19-9-6-16(7-10-19)20(22,23)24/h2-4,6-7,9-14H,5,8H2,1H3/t14-/m0/s1. The van der Waals surface area contributed by atoms with Crippen molar-refractivity contribution in [2.24, 2.45) is 0 Å². The van der Waals surface area contributed by atoms with E-state index in [1.807, 2.05) is 19.1 Å². The number of aromatic nitrogens is 2. The van der Waals surface area contributed by atoms with Crippen molar-refractivity contribution in [2.75, 3.05) is 0 Å². The second-order valence-electron chi connectivity index (χ2n) is 6.29. The van der Waals surface area contributed by atoms with Crippen LogP contribution in [0.3, 0.4) is 0 Å². The molecule has 26 heavy (non-hydrogen) atoms. The smallest absolute Gasteiger partial charge is 0.241 e. The molecule has 0 amide bonds. The van der Waals surface area contributed by atoms with E-state index in [0.29, 0.717) is 12.1 Å². The Balaban J connectivity index is 1.64. The first-order chi connectivity index (χ1) is 12.3. The summed E-state index contributed by atoms with van der Waals surface area (Å²) in [4.78, 5) is 0. The van der Waals surface area contributed by atoms with Gasteiger partial charge in [0.05, 0.1) is 16.9 Å². The van der Waals surface area contributed by atoms with Crippen molar-refractivity contribution in [3.05, 3.63) is 83.4 Å². The lowest BCUT2D eigenvalue weighted by Crippen LogP contribution is -2.05. The highest BCUT2D eigenvalue weighted by molar-refractivity contribution is 5.35. The number of hydrogen-bond donors (Lipinski definition) is 0. The Hall–Kier alpha value is -2.63. The van der Waals surface area contributed by atoms with Crippen LogP contribution in [-0.2, 0) is 12.6 Å². The minimum Gasteiger partial charge on any atom is -0.241 e. The largest absolute Gasteiger partial charge is 0.416 e. The Labute approximate surface area is 149 Å². The van der Waals surface area contributed by atoms with E-state index in [2.05, 4.69) is 5.10 Å². The van der Waals surface area contributed by atoms with Gasteiger partial charge >= 0.3 is 6.18 Å². The van der Waals surface area contributed by atoms with E-state index in [1.54, 1.807) is 16.9 Å². The van der Waals surface area contributed by atoms with Gasteiger partial charge in [0.25, 0.3) is 0 Å². The third kappa shape index (κ3) is 4.31. The summed E-state index contributed by atoms with van der Waals surface area (Å²) >= 11 is 0. The monoisotopic (exact) mass is 362 g/mol. The zero-order valence-corrected chi connectivity index (χ0v) is 14.2. The molecule has 0 aliphatic heterocycles. The molecule has 0 aliphatic rings. The molecule has 0 bridgehead atoms. The van der Waals surface area contributed by atoms with Crippen LogP contribution >= 0.6 is 0 Å². The molecule has 0 radical (unpaired) electrons. The van der Waals surface area contributed by atoms with E-state index in [0.717, 1.165) is 29.8 Å². The second-order valence-corrected chi connectivity index (χ2v) is 6.29. The third-order valence-corrected chi connectivity index (χ3v) is 4.35. The van der Waals surface area contributed by atoms with Crippen LogP contribution in [0.15, 0.2) is 60.8 Å². The third-order valence-electron chi connectivity index (χ3n) is 4.35. The van der Waals surface area contributed by atoms with E-state index in [9.17, 15) is 17.6 Å². The quantitative estimate of drug-likeness (QED) is 0.527. The van der Waals surface area contributed by atoms with Crippen molar-refractivity contribution < 1.29 is 17.6 Å². The minimum atomic E-state index is -4.35. The van der Waals surface area contributed by atoms with Gasteiger partial charge in [0, 0.05) is 6.20 Å². The number of hydrogen-bond acceptors (Lipinski definition) is 1. The molecule has 3 aromatic rings. The van der Waals surface area contributed by atoms with Gasteiger partial charge in [0.15, 0.2) is 0 Å². The minimum absolute atomic E-state index is 0.182. The molecular weight excluding hydrogens is 344 g/mol. The van der Waals surface area contributed by atoms with Gasteiger partial charge in [-0.1, -0.05) is 19.1 Å². The molecular formula is C20H18F4N2. The van der Waals surface area contributed by atoms with Gasteiger partial charge in [-0.25, -0.2) is 9.07 Å². The van der Waals surface area contributed by atoms with Gasteiger partial charge in [0.2, 0.25) is 0 Å². The molecule has 3 rings (SSSR count). The van der Waals surface area contributed by atoms with Crippen LogP contribution in [0.1, 0.15) is 36.1 Å². The fourth-order valence-electron chi connectivity index (χ4n) is 2.79. The Bertz CT molecular complexity index is 866. The Morgan fingerprint density at radius 3 is 2.42 bits per heavy atom. The number of halogens is 4. The second kappa shape index (κ2) is 7.32.